The molecule has 3 rings (SSSR count). The molecule has 0 saturated carbocycles. The predicted molar refractivity (Wildman–Crippen MR) is 91.2 cm³/mol. The van der Waals surface area contributed by atoms with Gasteiger partial charge >= 0.3 is 0 Å². The molecule has 1 aliphatic heterocycles. The molecular weight excluding hydrogens is 366 g/mol. The van der Waals surface area contributed by atoms with Gasteiger partial charge in [0.05, 0.1) is 36.5 Å². The first-order chi connectivity index (χ1) is 12.3. The van der Waals surface area contributed by atoms with Gasteiger partial charge in [0.1, 0.15) is 17.4 Å². The lowest BCUT2D eigenvalue weighted by atomic mass is 10.2. The van der Waals surface area contributed by atoms with Crippen LogP contribution in [0.4, 0.5) is 14.5 Å². The summed E-state index contributed by atoms with van der Waals surface area (Å²) in [5, 5.41) is 2.39. The molecule has 1 aromatic heterocycles. The summed E-state index contributed by atoms with van der Waals surface area (Å²) >= 11 is 0. The minimum atomic E-state index is -3.13. The van der Waals surface area contributed by atoms with Crippen molar-refractivity contribution < 1.29 is 26.4 Å². The Kier molecular flexibility index (Phi) is 5.38. The van der Waals surface area contributed by atoms with E-state index in [-0.39, 0.29) is 36.3 Å². The number of halogens is 2. The minimum Gasteiger partial charge on any atom is -0.468 e. The van der Waals surface area contributed by atoms with Gasteiger partial charge < -0.3 is 9.73 Å². The second kappa shape index (κ2) is 7.55. The molecule has 26 heavy (non-hydrogen) atoms. The number of amides is 1. The summed E-state index contributed by atoms with van der Waals surface area (Å²) in [5.74, 6) is -1.51. The van der Waals surface area contributed by atoms with E-state index in [4.69, 9.17) is 4.42 Å². The number of nitrogens with zero attached hydrogens (tertiary/aromatic N) is 1. The third-order valence-electron chi connectivity index (χ3n) is 4.22. The number of sulfone groups is 1. The average molecular weight is 384 g/mol. The second-order valence-corrected chi connectivity index (χ2v) is 8.44. The fraction of sp³-hybridized carbons (Fsp3) is 0.353. The smallest absolute Gasteiger partial charge is 0.238 e. The van der Waals surface area contributed by atoms with E-state index in [1.807, 2.05) is 0 Å². The van der Waals surface area contributed by atoms with Crippen LogP contribution in [0.3, 0.4) is 0 Å². The van der Waals surface area contributed by atoms with Crippen LogP contribution in [0, 0.1) is 11.6 Å². The Morgan fingerprint density at radius 2 is 2.12 bits per heavy atom. The molecule has 2 aromatic rings. The first-order valence-corrected chi connectivity index (χ1v) is 9.86. The molecule has 1 N–H and O–H groups in total. The monoisotopic (exact) mass is 384 g/mol. The van der Waals surface area contributed by atoms with Crippen LogP contribution in [0.15, 0.2) is 41.0 Å². The minimum absolute atomic E-state index is 0.0358. The number of furan rings is 1. The molecule has 1 amide bonds. The van der Waals surface area contributed by atoms with Crippen LogP contribution < -0.4 is 5.32 Å². The van der Waals surface area contributed by atoms with Gasteiger partial charge in [0.15, 0.2) is 9.84 Å². The van der Waals surface area contributed by atoms with Crippen LogP contribution in [-0.4, -0.2) is 43.3 Å². The molecule has 2 heterocycles. The number of carbonyl (C=O) groups is 1. The van der Waals surface area contributed by atoms with Gasteiger partial charge in [-0.05, 0) is 30.7 Å². The van der Waals surface area contributed by atoms with Crippen LogP contribution in [-0.2, 0) is 21.2 Å². The highest BCUT2D eigenvalue weighted by Crippen LogP contribution is 2.21. The standard InChI is InChI=1S/C17H18F2N2O4S/c18-12-3-4-16(15(19)8-12)20-17(22)10-21(9-14-2-1-6-25-14)13-5-7-26(23,24)11-13/h1-4,6,8,13H,5,7,9-11H2,(H,20,22). The van der Waals surface area contributed by atoms with Crippen LogP contribution in [0.5, 0.6) is 0 Å². The third-order valence-corrected chi connectivity index (χ3v) is 5.97. The Hall–Kier alpha value is -2.26. The van der Waals surface area contributed by atoms with Crippen LogP contribution >= 0.6 is 0 Å². The van der Waals surface area contributed by atoms with Gasteiger partial charge in [-0.3, -0.25) is 9.69 Å². The summed E-state index contributed by atoms with van der Waals surface area (Å²) in [6.45, 7) is 0.115. The molecule has 1 saturated heterocycles. The van der Waals surface area contributed by atoms with Gasteiger partial charge in [0.25, 0.3) is 0 Å². The van der Waals surface area contributed by atoms with E-state index >= 15 is 0 Å². The lowest BCUT2D eigenvalue weighted by Gasteiger charge is -2.26. The summed E-state index contributed by atoms with van der Waals surface area (Å²) in [6.07, 6.45) is 1.91. The first-order valence-electron chi connectivity index (χ1n) is 8.04. The molecule has 0 aliphatic carbocycles. The van der Waals surface area contributed by atoms with Crippen molar-refractivity contribution in [3.63, 3.8) is 0 Å². The van der Waals surface area contributed by atoms with E-state index in [9.17, 15) is 22.0 Å². The Labute approximate surface area is 149 Å². The third kappa shape index (κ3) is 4.67. The Bertz CT molecular complexity index is 884. The van der Waals surface area contributed by atoms with Crippen molar-refractivity contribution in [1.29, 1.82) is 0 Å². The SMILES string of the molecule is O=C(CN(Cc1ccco1)C1CCS(=O)(=O)C1)Nc1ccc(F)cc1F. The molecule has 1 aromatic carbocycles. The van der Waals surface area contributed by atoms with E-state index < -0.39 is 27.4 Å². The number of benzene rings is 1. The van der Waals surface area contributed by atoms with E-state index in [1.165, 1.54) is 6.26 Å². The van der Waals surface area contributed by atoms with Crippen molar-refractivity contribution in [2.45, 2.75) is 19.0 Å². The molecular formula is C17H18F2N2O4S. The molecule has 1 atom stereocenters. The Morgan fingerprint density at radius 3 is 2.73 bits per heavy atom. The van der Waals surface area contributed by atoms with Crippen molar-refractivity contribution in [2.24, 2.45) is 0 Å². The number of nitrogens with one attached hydrogen (secondary N) is 1. The van der Waals surface area contributed by atoms with Crippen LogP contribution in [0.1, 0.15) is 12.2 Å². The summed E-state index contributed by atoms with van der Waals surface area (Å²) in [7, 11) is -3.13. The fourth-order valence-corrected chi connectivity index (χ4v) is 4.71. The van der Waals surface area contributed by atoms with Gasteiger partial charge in [-0.25, -0.2) is 17.2 Å². The average Bonchev–Trinajstić information content (AvgIpc) is 3.19. The maximum absolute atomic E-state index is 13.7. The number of rotatable bonds is 6. The van der Waals surface area contributed by atoms with Gasteiger partial charge in [-0.15, -0.1) is 0 Å². The van der Waals surface area contributed by atoms with Crippen LogP contribution in [0.2, 0.25) is 0 Å². The number of hydrogen-bond acceptors (Lipinski definition) is 5. The lowest BCUT2D eigenvalue weighted by Crippen LogP contribution is -2.41. The fourth-order valence-electron chi connectivity index (χ4n) is 2.95. The highest BCUT2D eigenvalue weighted by Gasteiger charge is 2.33. The van der Waals surface area contributed by atoms with E-state index in [2.05, 4.69) is 5.32 Å². The molecule has 1 unspecified atom stereocenters. The molecule has 9 heteroatoms. The molecule has 1 aliphatic rings. The second-order valence-electron chi connectivity index (χ2n) is 6.21. The van der Waals surface area contributed by atoms with Crippen LogP contribution in [0.25, 0.3) is 0 Å². The van der Waals surface area contributed by atoms with Crippen molar-refractivity contribution in [3.8, 4) is 0 Å². The summed E-state index contributed by atoms with van der Waals surface area (Å²) in [4.78, 5) is 14.0. The zero-order valence-corrected chi connectivity index (χ0v) is 14.6. The summed E-state index contributed by atoms with van der Waals surface area (Å²) < 4.78 is 55.5. The highest BCUT2D eigenvalue weighted by molar-refractivity contribution is 7.91. The molecule has 0 spiro atoms. The van der Waals surface area contributed by atoms with Crippen molar-refractivity contribution >= 4 is 21.4 Å². The van der Waals surface area contributed by atoms with E-state index in [0.717, 1.165) is 12.1 Å². The van der Waals surface area contributed by atoms with Gasteiger partial charge in [-0.2, -0.15) is 0 Å². The maximum Gasteiger partial charge on any atom is 0.238 e. The van der Waals surface area contributed by atoms with E-state index in [1.54, 1.807) is 17.0 Å². The quantitative estimate of drug-likeness (QED) is 0.826. The zero-order valence-electron chi connectivity index (χ0n) is 13.8. The molecule has 0 bridgehead atoms. The molecule has 1 fully saturated rings. The van der Waals surface area contributed by atoms with Gasteiger partial charge in [0.2, 0.25) is 5.91 Å². The maximum atomic E-state index is 13.7. The number of anilines is 1. The largest absolute Gasteiger partial charge is 0.468 e. The Balaban J connectivity index is 1.71. The lowest BCUT2D eigenvalue weighted by molar-refractivity contribution is -0.118. The molecule has 6 nitrogen and oxygen atoms in total. The predicted octanol–water partition coefficient (Wildman–Crippen LogP) is 2.19. The Morgan fingerprint density at radius 1 is 1.31 bits per heavy atom. The van der Waals surface area contributed by atoms with Crippen molar-refractivity contribution in [1.82, 2.24) is 4.90 Å². The number of hydrogen-bond donors (Lipinski definition) is 1. The highest BCUT2D eigenvalue weighted by atomic mass is 32.2. The van der Waals surface area contributed by atoms with Crippen molar-refractivity contribution in [3.05, 3.63) is 54.0 Å². The van der Waals surface area contributed by atoms with Gasteiger partial charge in [-0.1, -0.05) is 0 Å². The summed E-state index contributed by atoms with van der Waals surface area (Å²) in [5.41, 5.74) is -0.131. The summed E-state index contributed by atoms with van der Waals surface area (Å²) in [6, 6.07) is 5.97. The first kappa shape index (κ1) is 18.5. The normalized spacial score (nSPS) is 19.0. The number of carbonyl (C=O) groups excluding carboxylic acids is 1. The molecule has 0 radical (unpaired) electrons. The topological polar surface area (TPSA) is 79.6 Å². The zero-order chi connectivity index (χ0) is 18.7. The molecule has 140 valence electrons. The van der Waals surface area contributed by atoms with Gasteiger partial charge in [0, 0.05) is 12.1 Å². The van der Waals surface area contributed by atoms with E-state index in [0.29, 0.717) is 18.2 Å². The van der Waals surface area contributed by atoms with Crippen molar-refractivity contribution in [2.75, 3.05) is 23.4 Å².